The molecule has 2 amide bonds. The second kappa shape index (κ2) is 7.59. The van der Waals surface area contributed by atoms with Gasteiger partial charge in [0.1, 0.15) is 6.10 Å². The number of aliphatic hydroxyl groups excluding tert-OH is 1. The van der Waals surface area contributed by atoms with Crippen LogP contribution in [0.4, 0.5) is 5.69 Å². The molecule has 3 N–H and O–H groups in total. The number of anilines is 1. The molecule has 0 saturated carbocycles. The lowest BCUT2D eigenvalue weighted by Gasteiger charge is -2.12. The summed E-state index contributed by atoms with van der Waals surface area (Å²) in [5.41, 5.74) is 2.27. The third kappa shape index (κ3) is 4.54. The number of aliphatic hydroxyl groups is 1. The summed E-state index contributed by atoms with van der Waals surface area (Å²) in [6.45, 7) is 3.70. The van der Waals surface area contributed by atoms with Crippen LogP contribution >= 0.6 is 22.9 Å². The first kappa shape index (κ1) is 17.5. The highest BCUT2D eigenvalue weighted by Crippen LogP contribution is 2.23. The van der Waals surface area contributed by atoms with Crippen LogP contribution in [0, 0.1) is 13.8 Å². The zero-order valence-corrected chi connectivity index (χ0v) is 14.3. The van der Waals surface area contributed by atoms with E-state index in [1.807, 2.05) is 25.3 Å². The van der Waals surface area contributed by atoms with Crippen LogP contribution < -0.4 is 10.6 Å². The molecule has 122 valence electrons. The van der Waals surface area contributed by atoms with Gasteiger partial charge in [0.15, 0.2) is 0 Å². The quantitative estimate of drug-likeness (QED) is 0.740. The number of carbonyl (C=O) groups is 2. The molecule has 0 radical (unpaired) electrons. The first-order valence-corrected chi connectivity index (χ1v) is 8.21. The van der Waals surface area contributed by atoms with Crippen molar-refractivity contribution in [3.63, 3.8) is 0 Å². The number of rotatable bonds is 4. The third-order valence-electron chi connectivity index (χ3n) is 3.30. The average Bonchev–Trinajstić information content (AvgIpc) is 2.94. The minimum absolute atomic E-state index is 0.0255. The number of aryl methyl sites for hydroxylation is 2. The molecule has 0 aliphatic heterocycles. The van der Waals surface area contributed by atoms with Crippen molar-refractivity contribution < 1.29 is 14.7 Å². The zero-order valence-electron chi connectivity index (χ0n) is 12.7. The lowest BCUT2D eigenvalue weighted by Crippen LogP contribution is -2.37. The number of nitrogens with one attached hydrogen (secondary N) is 2. The van der Waals surface area contributed by atoms with Gasteiger partial charge >= 0.3 is 11.8 Å². The van der Waals surface area contributed by atoms with Gasteiger partial charge in [-0.15, -0.1) is 11.3 Å². The Balaban J connectivity index is 1.89. The van der Waals surface area contributed by atoms with Gasteiger partial charge in [0.25, 0.3) is 0 Å². The molecule has 0 fully saturated rings. The van der Waals surface area contributed by atoms with E-state index in [-0.39, 0.29) is 6.54 Å². The molecule has 23 heavy (non-hydrogen) atoms. The molecule has 1 unspecified atom stereocenters. The molecule has 7 heteroatoms. The van der Waals surface area contributed by atoms with Crippen molar-refractivity contribution >= 4 is 40.4 Å². The number of hydrogen-bond acceptors (Lipinski definition) is 4. The average molecular weight is 353 g/mol. The predicted octanol–water partition coefficient (Wildman–Crippen LogP) is 2.81. The summed E-state index contributed by atoms with van der Waals surface area (Å²) < 4.78 is 0. The van der Waals surface area contributed by atoms with Gasteiger partial charge in [-0.05, 0) is 48.6 Å². The number of carbonyl (C=O) groups excluding carboxylic acids is 2. The van der Waals surface area contributed by atoms with Crippen LogP contribution in [0.3, 0.4) is 0 Å². The smallest absolute Gasteiger partial charge is 0.313 e. The number of benzene rings is 1. The minimum atomic E-state index is -0.833. The maximum absolute atomic E-state index is 11.8. The first-order chi connectivity index (χ1) is 10.9. The Kier molecular flexibility index (Phi) is 5.76. The van der Waals surface area contributed by atoms with Crippen molar-refractivity contribution in [3.05, 3.63) is 50.7 Å². The summed E-state index contributed by atoms with van der Waals surface area (Å²) in [4.78, 5) is 24.4. The Morgan fingerprint density at radius 3 is 2.57 bits per heavy atom. The van der Waals surface area contributed by atoms with Crippen molar-refractivity contribution in [1.82, 2.24) is 5.32 Å². The summed E-state index contributed by atoms with van der Waals surface area (Å²) in [5.74, 6) is -1.62. The molecule has 0 aliphatic rings. The number of halogens is 1. The standard InChI is InChI=1S/C16H17ClN2O3S/c1-9-3-4-11(7-12(9)17)19-16(22)15(21)18-8-13(20)14-10(2)5-6-23-14/h3-7,13,20H,8H2,1-2H3,(H,18,21)(H,19,22). The highest BCUT2D eigenvalue weighted by molar-refractivity contribution is 7.10. The van der Waals surface area contributed by atoms with E-state index in [2.05, 4.69) is 10.6 Å². The van der Waals surface area contributed by atoms with Crippen LogP contribution in [0.5, 0.6) is 0 Å². The normalized spacial score (nSPS) is 11.8. The van der Waals surface area contributed by atoms with Crippen LogP contribution in [-0.2, 0) is 9.59 Å². The Morgan fingerprint density at radius 1 is 1.22 bits per heavy atom. The van der Waals surface area contributed by atoms with E-state index in [0.29, 0.717) is 10.7 Å². The molecule has 1 aromatic heterocycles. The fourth-order valence-electron chi connectivity index (χ4n) is 1.95. The second-order valence-corrected chi connectivity index (χ2v) is 6.47. The lowest BCUT2D eigenvalue weighted by atomic mass is 10.2. The molecule has 0 saturated heterocycles. The predicted molar refractivity (Wildman–Crippen MR) is 91.8 cm³/mol. The van der Waals surface area contributed by atoms with Gasteiger partial charge in [-0.25, -0.2) is 0 Å². The van der Waals surface area contributed by atoms with E-state index in [0.717, 1.165) is 16.0 Å². The van der Waals surface area contributed by atoms with E-state index in [4.69, 9.17) is 11.6 Å². The van der Waals surface area contributed by atoms with Crippen molar-refractivity contribution in [3.8, 4) is 0 Å². The van der Waals surface area contributed by atoms with Crippen LogP contribution in [0.1, 0.15) is 22.1 Å². The Hall–Kier alpha value is -1.89. The third-order valence-corrected chi connectivity index (χ3v) is 4.82. The monoisotopic (exact) mass is 352 g/mol. The number of amides is 2. The Labute approximate surface area is 143 Å². The molecule has 1 aromatic carbocycles. The molecule has 2 rings (SSSR count). The Morgan fingerprint density at radius 2 is 1.96 bits per heavy atom. The molecule has 0 aliphatic carbocycles. The molecular weight excluding hydrogens is 336 g/mol. The van der Waals surface area contributed by atoms with E-state index in [1.54, 1.807) is 18.2 Å². The van der Waals surface area contributed by atoms with Crippen molar-refractivity contribution in [2.24, 2.45) is 0 Å². The molecule has 2 aromatic rings. The summed E-state index contributed by atoms with van der Waals surface area (Å²) in [7, 11) is 0. The van der Waals surface area contributed by atoms with Crippen LogP contribution in [0.15, 0.2) is 29.6 Å². The number of hydrogen-bond donors (Lipinski definition) is 3. The van der Waals surface area contributed by atoms with Gasteiger partial charge in [0, 0.05) is 22.1 Å². The van der Waals surface area contributed by atoms with Gasteiger partial charge in [-0.1, -0.05) is 17.7 Å². The summed E-state index contributed by atoms with van der Waals surface area (Å²) in [6, 6.07) is 6.88. The first-order valence-electron chi connectivity index (χ1n) is 6.96. The highest BCUT2D eigenvalue weighted by atomic mass is 35.5. The van der Waals surface area contributed by atoms with Gasteiger partial charge in [-0.2, -0.15) is 0 Å². The molecular formula is C16H17ClN2O3S. The fourth-order valence-corrected chi connectivity index (χ4v) is 3.04. The topological polar surface area (TPSA) is 78.4 Å². The minimum Gasteiger partial charge on any atom is -0.386 e. The van der Waals surface area contributed by atoms with E-state index in [9.17, 15) is 14.7 Å². The summed E-state index contributed by atoms with van der Waals surface area (Å²) in [5, 5.41) is 17.3. The van der Waals surface area contributed by atoms with Crippen molar-refractivity contribution in [2.75, 3.05) is 11.9 Å². The van der Waals surface area contributed by atoms with Gasteiger partial charge in [0.05, 0.1) is 0 Å². The van der Waals surface area contributed by atoms with E-state index in [1.165, 1.54) is 11.3 Å². The second-order valence-electron chi connectivity index (χ2n) is 5.11. The van der Waals surface area contributed by atoms with Crippen molar-refractivity contribution in [1.29, 1.82) is 0 Å². The highest BCUT2D eigenvalue weighted by Gasteiger charge is 2.17. The maximum atomic E-state index is 11.8. The molecule has 5 nitrogen and oxygen atoms in total. The molecule has 0 spiro atoms. The molecule has 1 heterocycles. The van der Waals surface area contributed by atoms with Gasteiger partial charge in [-0.3, -0.25) is 9.59 Å². The SMILES string of the molecule is Cc1ccc(NC(=O)C(=O)NCC(O)c2sccc2C)cc1Cl. The Bertz CT molecular complexity index is 730. The lowest BCUT2D eigenvalue weighted by molar-refractivity contribution is -0.136. The van der Waals surface area contributed by atoms with Crippen LogP contribution in [0.2, 0.25) is 5.02 Å². The van der Waals surface area contributed by atoms with Crippen LogP contribution in [-0.4, -0.2) is 23.5 Å². The molecule has 0 bridgehead atoms. The summed E-state index contributed by atoms with van der Waals surface area (Å²) in [6.07, 6.45) is -0.833. The van der Waals surface area contributed by atoms with E-state index >= 15 is 0 Å². The number of thiophene rings is 1. The van der Waals surface area contributed by atoms with Gasteiger partial charge < -0.3 is 15.7 Å². The van der Waals surface area contributed by atoms with Crippen molar-refractivity contribution in [2.45, 2.75) is 20.0 Å². The van der Waals surface area contributed by atoms with Gasteiger partial charge in [0.2, 0.25) is 0 Å². The largest absolute Gasteiger partial charge is 0.386 e. The fraction of sp³-hybridized carbons (Fsp3) is 0.250. The van der Waals surface area contributed by atoms with E-state index < -0.39 is 17.9 Å². The maximum Gasteiger partial charge on any atom is 0.313 e. The van der Waals surface area contributed by atoms with Crippen LogP contribution in [0.25, 0.3) is 0 Å². The zero-order chi connectivity index (χ0) is 17.0. The molecule has 1 atom stereocenters. The summed E-state index contributed by atoms with van der Waals surface area (Å²) >= 11 is 7.37.